The third-order valence-corrected chi connectivity index (χ3v) is 5.14. The van der Waals surface area contributed by atoms with E-state index in [0.29, 0.717) is 17.9 Å². The van der Waals surface area contributed by atoms with E-state index in [0.717, 1.165) is 25.9 Å². The standard InChI is InChI=1S/C15H26N2O3S/c1-4-11-16-12-5-6-13-21(18,19)17(2)14-7-9-15(20-3)10-8-14/h7-10,16H,4-6,11-13H2,1-3H3. The predicted octanol–water partition coefficient (Wildman–Crippen LogP) is 2.24. The SMILES string of the molecule is CCCNCCCCS(=O)(=O)N(C)c1ccc(OC)cc1. The number of rotatable bonds is 10. The summed E-state index contributed by atoms with van der Waals surface area (Å²) >= 11 is 0. The van der Waals surface area contributed by atoms with Gasteiger partial charge in [-0.05, 0) is 56.6 Å². The molecule has 0 atom stereocenters. The summed E-state index contributed by atoms with van der Waals surface area (Å²) in [6.45, 7) is 3.97. The number of nitrogens with zero attached hydrogens (tertiary/aromatic N) is 1. The predicted molar refractivity (Wildman–Crippen MR) is 87.6 cm³/mol. The number of unbranched alkanes of at least 4 members (excludes halogenated alkanes) is 1. The summed E-state index contributed by atoms with van der Waals surface area (Å²) < 4.78 is 30.9. The van der Waals surface area contributed by atoms with Gasteiger partial charge in [-0.1, -0.05) is 6.92 Å². The van der Waals surface area contributed by atoms with Gasteiger partial charge in [-0.25, -0.2) is 8.42 Å². The van der Waals surface area contributed by atoms with Crippen LogP contribution in [-0.2, 0) is 10.0 Å². The van der Waals surface area contributed by atoms with Gasteiger partial charge in [-0.15, -0.1) is 0 Å². The van der Waals surface area contributed by atoms with Crippen LogP contribution in [0.5, 0.6) is 5.75 Å². The maximum absolute atomic E-state index is 12.2. The van der Waals surface area contributed by atoms with Crippen molar-refractivity contribution in [3.05, 3.63) is 24.3 Å². The van der Waals surface area contributed by atoms with Gasteiger partial charge >= 0.3 is 0 Å². The largest absolute Gasteiger partial charge is 0.497 e. The molecule has 1 N–H and O–H groups in total. The fourth-order valence-corrected chi connectivity index (χ4v) is 3.21. The van der Waals surface area contributed by atoms with Crippen LogP contribution in [0.2, 0.25) is 0 Å². The molecule has 0 unspecified atom stereocenters. The van der Waals surface area contributed by atoms with E-state index in [1.807, 2.05) is 0 Å². The second kappa shape index (κ2) is 8.89. The van der Waals surface area contributed by atoms with Crippen LogP contribution >= 0.6 is 0 Å². The number of hydrogen-bond donors (Lipinski definition) is 1. The maximum Gasteiger partial charge on any atom is 0.234 e. The van der Waals surface area contributed by atoms with Crippen LogP contribution in [0.3, 0.4) is 0 Å². The molecular formula is C15H26N2O3S. The monoisotopic (exact) mass is 314 g/mol. The van der Waals surface area contributed by atoms with Crippen molar-refractivity contribution in [2.75, 3.05) is 37.3 Å². The van der Waals surface area contributed by atoms with Gasteiger partial charge in [0, 0.05) is 7.05 Å². The first kappa shape index (κ1) is 17.8. The van der Waals surface area contributed by atoms with Crippen molar-refractivity contribution in [1.29, 1.82) is 0 Å². The van der Waals surface area contributed by atoms with E-state index in [2.05, 4.69) is 12.2 Å². The molecule has 1 aromatic carbocycles. The van der Waals surface area contributed by atoms with Crippen LogP contribution < -0.4 is 14.4 Å². The van der Waals surface area contributed by atoms with Crippen molar-refractivity contribution >= 4 is 15.7 Å². The van der Waals surface area contributed by atoms with Crippen molar-refractivity contribution < 1.29 is 13.2 Å². The fourth-order valence-electron chi connectivity index (χ4n) is 1.93. The van der Waals surface area contributed by atoms with Crippen LogP contribution in [0.15, 0.2) is 24.3 Å². The molecule has 0 amide bonds. The molecule has 120 valence electrons. The Labute approximate surface area is 128 Å². The molecule has 5 nitrogen and oxygen atoms in total. The highest BCUT2D eigenvalue weighted by molar-refractivity contribution is 7.92. The number of nitrogens with one attached hydrogen (secondary N) is 1. The molecule has 0 saturated carbocycles. The van der Waals surface area contributed by atoms with Crippen molar-refractivity contribution in [3.8, 4) is 5.75 Å². The fraction of sp³-hybridized carbons (Fsp3) is 0.600. The summed E-state index contributed by atoms with van der Waals surface area (Å²) in [5.41, 5.74) is 0.653. The average Bonchev–Trinajstić information content (AvgIpc) is 2.50. The van der Waals surface area contributed by atoms with Gasteiger partial charge in [-0.3, -0.25) is 4.31 Å². The van der Waals surface area contributed by atoms with Crippen molar-refractivity contribution in [2.45, 2.75) is 26.2 Å². The summed E-state index contributed by atoms with van der Waals surface area (Å²) in [4.78, 5) is 0. The molecule has 0 bridgehead atoms. The zero-order chi connectivity index (χ0) is 15.7. The molecule has 0 spiro atoms. The highest BCUT2D eigenvalue weighted by Crippen LogP contribution is 2.20. The average molecular weight is 314 g/mol. The number of methoxy groups -OCH3 is 1. The van der Waals surface area contributed by atoms with E-state index in [-0.39, 0.29) is 5.75 Å². The molecule has 0 radical (unpaired) electrons. The van der Waals surface area contributed by atoms with Gasteiger partial charge in [0.25, 0.3) is 0 Å². The number of hydrogen-bond acceptors (Lipinski definition) is 4. The Morgan fingerprint density at radius 1 is 1.14 bits per heavy atom. The highest BCUT2D eigenvalue weighted by Gasteiger charge is 2.17. The Kier molecular flexibility index (Phi) is 7.53. The first-order valence-electron chi connectivity index (χ1n) is 7.32. The quantitative estimate of drug-likeness (QED) is 0.673. The molecule has 0 aromatic heterocycles. The minimum atomic E-state index is -3.26. The topological polar surface area (TPSA) is 58.6 Å². The van der Waals surface area contributed by atoms with Crippen LogP contribution in [0.4, 0.5) is 5.69 Å². The van der Waals surface area contributed by atoms with Crippen molar-refractivity contribution in [1.82, 2.24) is 5.32 Å². The molecule has 1 rings (SSSR count). The Morgan fingerprint density at radius 3 is 2.38 bits per heavy atom. The van der Waals surface area contributed by atoms with Gasteiger partial charge < -0.3 is 10.1 Å². The van der Waals surface area contributed by atoms with Gasteiger partial charge in [-0.2, -0.15) is 0 Å². The first-order valence-corrected chi connectivity index (χ1v) is 8.93. The molecule has 0 aliphatic heterocycles. The van der Waals surface area contributed by atoms with E-state index in [1.54, 1.807) is 38.4 Å². The normalized spacial score (nSPS) is 11.4. The molecule has 0 saturated heterocycles. The Bertz CT molecular complexity index is 500. The Balaban J connectivity index is 2.48. The Morgan fingerprint density at radius 2 is 1.81 bits per heavy atom. The Hall–Kier alpha value is -1.27. The van der Waals surface area contributed by atoms with Crippen molar-refractivity contribution in [3.63, 3.8) is 0 Å². The van der Waals surface area contributed by atoms with Crippen LogP contribution in [0.1, 0.15) is 26.2 Å². The van der Waals surface area contributed by atoms with Gasteiger partial charge in [0.05, 0.1) is 18.6 Å². The molecule has 1 aromatic rings. The third kappa shape index (κ3) is 5.93. The summed E-state index contributed by atoms with van der Waals surface area (Å²) in [7, 11) is -0.0858. The van der Waals surface area contributed by atoms with E-state index in [4.69, 9.17) is 4.74 Å². The summed E-state index contributed by atoms with van der Waals surface area (Å²) in [5, 5.41) is 3.27. The molecule has 6 heteroatoms. The second-order valence-electron chi connectivity index (χ2n) is 4.94. The zero-order valence-corrected chi connectivity index (χ0v) is 13.9. The molecule has 0 fully saturated rings. The number of benzene rings is 1. The van der Waals surface area contributed by atoms with Crippen LogP contribution in [0, 0.1) is 0 Å². The van der Waals surface area contributed by atoms with E-state index in [1.165, 1.54) is 4.31 Å². The van der Waals surface area contributed by atoms with E-state index < -0.39 is 10.0 Å². The molecule has 0 aliphatic carbocycles. The van der Waals surface area contributed by atoms with Crippen LogP contribution in [0.25, 0.3) is 0 Å². The highest BCUT2D eigenvalue weighted by atomic mass is 32.2. The summed E-state index contributed by atoms with van der Waals surface area (Å²) in [5.74, 6) is 0.884. The smallest absolute Gasteiger partial charge is 0.234 e. The number of ether oxygens (including phenoxy) is 1. The number of anilines is 1. The van der Waals surface area contributed by atoms with Gasteiger partial charge in [0.1, 0.15) is 5.75 Å². The lowest BCUT2D eigenvalue weighted by Gasteiger charge is -2.19. The van der Waals surface area contributed by atoms with Gasteiger partial charge in [0.15, 0.2) is 0 Å². The maximum atomic E-state index is 12.2. The lowest BCUT2D eigenvalue weighted by Crippen LogP contribution is -2.29. The zero-order valence-electron chi connectivity index (χ0n) is 13.1. The minimum Gasteiger partial charge on any atom is -0.497 e. The first-order chi connectivity index (χ1) is 10.0. The minimum absolute atomic E-state index is 0.170. The van der Waals surface area contributed by atoms with Crippen LogP contribution in [-0.4, -0.2) is 41.4 Å². The lowest BCUT2D eigenvalue weighted by atomic mass is 10.3. The molecule has 21 heavy (non-hydrogen) atoms. The molecule has 0 aliphatic rings. The van der Waals surface area contributed by atoms with Gasteiger partial charge in [0.2, 0.25) is 10.0 Å². The summed E-state index contributed by atoms with van der Waals surface area (Å²) in [6, 6.07) is 7.02. The molecule has 0 heterocycles. The number of sulfonamides is 1. The van der Waals surface area contributed by atoms with E-state index in [9.17, 15) is 8.42 Å². The van der Waals surface area contributed by atoms with Crippen molar-refractivity contribution in [2.24, 2.45) is 0 Å². The summed E-state index contributed by atoms with van der Waals surface area (Å²) in [6.07, 6.45) is 2.63. The molecular weight excluding hydrogens is 288 g/mol. The third-order valence-electron chi connectivity index (χ3n) is 3.29. The second-order valence-corrected chi connectivity index (χ2v) is 7.06. The van der Waals surface area contributed by atoms with E-state index >= 15 is 0 Å². The lowest BCUT2D eigenvalue weighted by molar-refractivity contribution is 0.415.